The van der Waals surface area contributed by atoms with Gasteiger partial charge in [-0.05, 0) is 50.1 Å². The molecule has 0 unspecified atom stereocenters. The first-order valence-corrected chi connectivity index (χ1v) is 5.97. The van der Waals surface area contributed by atoms with Gasteiger partial charge in [-0.3, -0.25) is 10.1 Å². The summed E-state index contributed by atoms with van der Waals surface area (Å²) in [6.45, 7) is 5.66. The Morgan fingerprint density at radius 1 is 1.00 bits per heavy atom. The van der Waals surface area contributed by atoms with Crippen LogP contribution >= 0.6 is 0 Å². The van der Waals surface area contributed by atoms with Crippen molar-refractivity contribution >= 4 is 5.69 Å². The van der Waals surface area contributed by atoms with Crippen LogP contribution < -0.4 is 4.74 Å². The van der Waals surface area contributed by atoms with E-state index in [-0.39, 0.29) is 5.69 Å². The van der Waals surface area contributed by atoms with Crippen molar-refractivity contribution in [3.63, 3.8) is 0 Å². The van der Waals surface area contributed by atoms with Crippen molar-refractivity contribution in [2.45, 2.75) is 20.8 Å². The minimum atomic E-state index is -0.392. The molecule has 0 bridgehead atoms. The lowest BCUT2D eigenvalue weighted by molar-refractivity contribution is -0.385. The molecule has 2 aromatic rings. The standard InChI is InChI=1S/C15H15NO3/c1-10-4-5-11(2)15(8-10)19-13-6-7-14(16(17)18)12(3)9-13/h4-9H,1-3H3. The van der Waals surface area contributed by atoms with Gasteiger partial charge in [0.15, 0.2) is 0 Å². The van der Waals surface area contributed by atoms with E-state index in [1.54, 1.807) is 19.1 Å². The predicted octanol–water partition coefficient (Wildman–Crippen LogP) is 4.31. The minimum absolute atomic E-state index is 0.105. The fourth-order valence-corrected chi connectivity index (χ4v) is 1.84. The maximum atomic E-state index is 10.8. The van der Waals surface area contributed by atoms with E-state index < -0.39 is 4.92 Å². The Morgan fingerprint density at radius 2 is 1.74 bits per heavy atom. The molecule has 0 heterocycles. The molecule has 0 fully saturated rings. The molecule has 0 aliphatic carbocycles. The third-order valence-electron chi connectivity index (χ3n) is 2.94. The van der Waals surface area contributed by atoms with Crippen LogP contribution in [0.15, 0.2) is 36.4 Å². The minimum Gasteiger partial charge on any atom is -0.457 e. The van der Waals surface area contributed by atoms with Gasteiger partial charge in [0, 0.05) is 11.6 Å². The molecule has 2 rings (SSSR count). The van der Waals surface area contributed by atoms with Crippen LogP contribution in [0.25, 0.3) is 0 Å². The molecule has 0 saturated heterocycles. The summed E-state index contributed by atoms with van der Waals surface area (Å²) < 4.78 is 5.78. The monoisotopic (exact) mass is 257 g/mol. The molecular formula is C15H15NO3. The van der Waals surface area contributed by atoms with Crippen LogP contribution in [0.4, 0.5) is 5.69 Å². The average Bonchev–Trinajstić information content (AvgIpc) is 2.33. The molecule has 0 saturated carbocycles. The molecule has 4 heteroatoms. The number of ether oxygens (including phenoxy) is 1. The van der Waals surface area contributed by atoms with Crippen molar-refractivity contribution in [2.24, 2.45) is 0 Å². The highest BCUT2D eigenvalue weighted by molar-refractivity contribution is 5.46. The maximum Gasteiger partial charge on any atom is 0.272 e. The van der Waals surface area contributed by atoms with E-state index in [1.165, 1.54) is 6.07 Å². The van der Waals surface area contributed by atoms with Gasteiger partial charge in [0.25, 0.3) is 5.69 Å². The van der Waals surface area contributed by atoms with E-state index >= 15 is 0 Å². The molecule has 19 heavy (non-hydrogen) atoms. The van der Waals surface area contributed by atoms with E-state index in [0.717, 1.165) is 16.9 Å². The summed E-state index contributed by atoms with van der Waals surface area (Å²) in [5.74, 6) is 1.38. The van der Waals surface area contributed by atoms with Crippen molar-refractivity contribution in [2.75, 3.05) is 0 Å². The summed E-state index contributed by atoms with van der Waals surface area (Å²) in [6, 6.07) is 10.7. The van der Waals surface area contributed by atoms with Gasteiger partial charge in [0.2, 0.25) is 0 Å². The van der Waals surface area contributed by atoms with Crippen LogP contribution in [0.1, 0.15) is 16.7 Å². The second-order valence-electron chi connectivity index (χ2n) is 4.58. The molecular weight excluding hydrogens is 242 g/mol. The summed E-state index contributed by atoms with van der Waals surface area (Å²) in [5.41, 5.74) is 2.84. The Morgan fingerprint density at radius 3 is 2.37 bits per heavy atom. The molecule has 0 radical (unpaired) electrons. The van der Waals surface area contributed by atoms with Crippen LogP contribution in [0.5, 0.6) is 11.5 Å². The molecule has 0 spiro atoms. The molecule has 0 N–H and O–H groups in total. The number of nitro groups is 1. The maximum absolute atomic E-state index is 10.8. The molecule has 98 valence electrons. The number of benzene rings is 2. The Hall–Kier alpha value is -2.36. The number of aryl methyl sites for hydroxylation is 3. The SMILES string of the molecule is Cc1ccc(C)c(Oc2ccc([N+](=O)[O-])c(C)c2)c1. The molecule has 0 atom stereocenters. The molecule has 0 aliphatic rings. The molecule has 2 aromatic carbocycles. The average molecular weight is 257 g/mol. The normalized spacial score (nSPS) is 10.3. The lowest BCUT2D eigenvalue weighted by Crippen LogP contribution is -1.93. The molecule has 0 amide bonds. The van der Waals surface area contributed by atoms with E-state index in [1.807, 2.05) is 32.0 Å². The zero-order valence-electron chi connectivity index (χ0n) is 11.1. The fraction of sp³-hybridized carbons (Fsp3) is 0.200. The van der Waals surface area contributed by atoms with Gasteiger partial charge in [-0.2, -0.15) is 0 Å². The topological polar surface area (TPSA) is 52.4 Å². The van der Waals surface area contributed by atoms with Gasteiger partial charge in [0.05, 0.1) is 4.92 Å². The number of rotatable bonds is 3. The summed E-state index contributed by atoms with van der Waals surface area (Å²) >= 11 is 0. The molecule has 4 nitrogen and oxygen atoms in total. The van der Waals surface area contributed by atoms with Gasteiger partial charge in [0.1, 0.15) is 11.5 Å². The van der Waals surface area contributed by atoms with Crippen LogP contribution in [-0.4, -0.2) is 4.92 Å². The van der Waals surface area contributed by atoms with E-state index in [9.17, 15) is 10.1 Å². The first-order valence-electron chi connectivity index (χ1n) is 5.97. The Bertz CT molecular complexity index is 635. The summed E-state index contributed by atoms with van der Waals surface area (Å²) in [7, 11) is 0. The molecule has 0 aliphatic heterocycles. The largest absolute Gasteiger partial charge is 0.457 e. The second kappa shape index (κ2) is 5.10. The van der Waals surface area contributed by atoms with Crippen LogP contribution in [-0.2, 0) is 0 Å². The van der Waals surface area contributed by atoms with Crippen LogP contribution in [0.2, 0.25) is 0 Å². The summed E-state index contributed by atoms with van der Waals surface area (Å²) in [6.07, 6.45) is 0. The van der Waals surface area contributed by atoms with Crippen molar-refractivity contribution in [1.82, 2.24) is 0 Å². The van der Waals surface area contributed by atoms with Gasteiger partial charge in [-0.1, -0.05) is 12.1 Å². The van der Waals surface area contributed by atoms with Crippen LogP contribution in [0.3, 0.4) is 0 Å². The highest BCUT2D eigenvalue weighted by Gasteiger charge is 2.11. The smallest absolute Gasteiger partial charge is 0.272 e. The Kier molecular flexibility index (Phi) is 3.51. The van der Waals surface area contributed by atoms with E-state index in [0.29, 0.717) is 11.3 Å². The van der Waals surface area contributed by atoms with E-state index in [4.69, 9.17) is 4.74 Å². The second-order valence-corrected chi connectivity index (χ2v) is 4.58. The van der Waals surface area contributed by atoms with E-state index in [2.05, 4.69) is 0 Å². The number of hydrogen-bond donors (Lipinski definition) is 0. The first-order chi connectivity index (χ1) is 8.97. The van der Waals surface area contributed by atoms with Crippen molar-refractivity contribution in [3.8, 4) is 11.5 Å². The van der Waals surface area contributed by atoms with Crippen molar-refractivity contribution in [3.05, 3.63) is 63.2 Å². The third kappa shape index (κ3) is 2.91. The highest BCUT2D eigenvalue weighted by Crippen LogP contribution is 2.29. The summed E-state index contributed by atoms with van der Waals surface area (Å²) in [4.78, 5) is 10.4. The zero-order valence-corrected chi connectivity index (χ0v) is 11.1. The number of nitro benzene ring substituents is 1. The number of nitrogens with zero attached hydrogens (tertiary/aromatic N) is 1. The Labute approximate surface area is 111 Å². The Balaban J connectivity index is 2.31. The lowest BCUT2D eigenvalue weighted by atomic mass is 10.1. The van der Waals surface area contributed by atoms with Gasteiger partial charge < -0.3 is 4.74 Å². The fourth-order valence-electron chi connectivity index (χ4n) is 1.84. The quantitative estimate of drug-likeness (QED) is 0.608. The molecule has 0 aromatic heterocycles. The first kappa shape index (κ1) is 13.1. The summed E-state index contributed by atoms with van der Waals surface area (Å²) in [5, 5.41) is 10.8. The van der Waals surface area contributed by atoms with Gasteiger partial charge >= 0.3 is 0 Å². The van der Waals surface area contributed by atoms with Crippen molar-refractivity contribution in [1.29, 1.82) is 0 Å². The predicted molar refractivity (Wildman–Crippen MR) is 73.8 cm³/mol. The van der Waals surface area contributed by atoms with Crippen LogP contribution in [0, 0.1) is 30.9 Å². The number of hydrogen-bond acceptors (Lipinski definition) is 3. The van der Waals surface area contributed by atoms with Crippen molar-refractivity contribution < 1.29 is 9.66 Å². The third-order valence-corrected chi connectivity index (χ3v) is 2.94. The van der Waals surface area contributed by atoms with Gasteiger partial charge in [-0.25, -0.2) is 0 Å². The zero-order chi connectivity index (χ0) is 14.0. The lowest BCUT2D eigenvalue weighted by Gasteiger charge is -2.10. The van der Waals surface area contributed by atoms with Gasteiger partial charge in [-0.15, -0.1) is 0 Å². The highest BCUT2D eigenvalue weighted by atomic mass is 16.6.